The highest BCUT2D eigenvalue weighted by molar-refractivity contribution is 5.64. The van der Waals surface area contributed by atoms with Crippen LogP contribution in [0.4, 0.5) is 4.79 Å². The van der Waals surface area contributed by atoms with Gasteiger partial charge in [-0.3, -0.25) is 0 Å². The van der Waals surface area contributed by atoms with Crippen LogP contribution in [0.2, 0.25) is 0 Å². The van der Waals surface area contributed by atoms with E-state index in [2.05, 4.69) is 26.1 Å². The molecule has 4 heteroatoms. The van der Waals surface area contributed by atoms with Crippen molar-refractivity contribution in [2.75, 3.05) is 6.54 Å². The zero-order valence-corrected chi connectivity index (χ0v) is 9.84. The van der Waals surface area contributed by atoms with E-state index >= 15 is 0 Å². The molecule has 0 aliphatic heterocycles. The van der Waals surface area contributed by atoms with Gasteiger partial charge in [-0.15, -0.1) is 0 Å². The first-order chi connectivity index (χ1) is 6.76. The van der Waals surface area contributed by atoms with Gasteiger partial charge in [-0.05, 0) is 36.6 Å². The summed E-state index contributed by atoms with van der Waals surface area (Å²) in [5.41, 5.74) is 6.01. The Morgan fingerprint density at radius 3 is 2.53 bits per heavy atom. The minimum absolute atomic E-state index is 0.0415. The van der Waals surface area contributed by atoms with Gasteiger partial charge in [0.1, 0.15) is 0 Å². The van der Waals surface area contributed by atoms with Crippen molar-refractivity contribution in [1.29, 1.82) is 0 Å². The lowest BCUT2D eigenvalue weighted by molar-refractivity contribution is 0.0763. The van der Waals surface area contributed by atoms with E-state index in [1.807, 2.05) is 0 Å². The summed E-state index contributed by atoms with van der Waals surface area (Å²) in [5.74, 6) is 0. The fraction of sp³-hybridized carbons (Fsp3) is 0.909. The van der Waals surface area contributed by atoms with Gasteiger partial charge in [-0.25, -0.2) is 4.79 Å². The Labute approximate surface area is 91.2 Å². The zero-order chi connectivity index (χ0) is 11.7. The Balaban J connectivity index is 2.72. The van der Waals surface area contributed by atoms with Gasteiger partial charge < -0.3 is 16.2 Å². The van der Waals surface area contributed by atoms with Crippen molar-refractivity contribution >= 4 is 6.09 Å². The van der Waals surface area contributed by atoms with E-state index < -0.39 is 6.09 Å². The molecule has 1 fully saturated rings. The Hall–Kier alpha value is -0.770. The number of amides is 1. The molecule has 4 nitrogen and oxygen atoms in total. The zero-order valence-electron chi connectivity index (χ0n) is 9.84. The first-order valence-electron chi connectivity index (χ1n) is 5.46. The quantitative estimate of drug-likeness (QED) is 0.656. The molecule has 2 unspecified atom stereocenters. The molecule has 0 aromatic rings. The van der Waals surface area contributed by atoms with Gasteiger partial charge >= 0.3 is 6.09 Å². The smallest absolute Gasteiger partial charge is 0.404 e. The fourth-order valence-corrected chi connectivity index (χ4v) is 3.07. The molecule has 15 heavy (non-hydrogen) atoms. The van der Waals surface area contributed by atoms with Crippen molar-refractivity contribution < 1.29 is 9.90 Å². The molecule has 1 aliphatic carbocycles. The second kappa shape index (κ2) is 4.00. The monoisotopic (exact) mass is 214 g/mol. The second-order valence-electron chi connectivity index (χ2n) is 5.91. The van der Waals surface area contributed by atoms with Gasteiger partial charge in [0, 0.05) is 6.04 Å². The molecule has 1 rings (SSSR count). The van der Waals surface area contributed by atoms with E-state index in [9.17, 15) is 4.79 Å². The van der Waals surface area contributed by atoms with Crippen molar-refractivity contribution in [1.82, 2.24) is 5.32 Å². The average molecular weight is 214 g/mol. The summed E-state index contributed by atoms with van der Waals surface area (Å²) in [6.07, 6.45) is 1.87. The second-order valence-corrected chi connectivity index (χ2v) is 5.91. The van der Waals surface area contributed by atoms with Crippen LogP contribution in [0.1, 0.15) is 40.0 Å². The van der Waals surface area contributed by atoms with Crippen molar-refractivity contribution in [3.05, 3.63) is 0 Å². The molecule has 2 atom stereocenters. The normalized spacial score (nSPS) is 34.8. The highest BCUT2D eigenvalue weighted by Crippen LogP contribution is 2.45. The third kappa shape index (κ3) is 3.38. The van der Waals surface area contributed by atoms with E-state index in [1.165, 1.54) is 0 Å². The summed E-state index contributed by atoms with van der Waals surface area (Å²) < 4.78 is 0. The molecule has 0 heterocycles. The first-order valence-corrected chi connectivity index (χ1v) is 5.46. The number of hydrogen-bond donors (Lipinski definition) is 3. The van der Waals surface area contributed by atoms with Crippen LogP contribution < -0.4 is 11.1 Å². The third-order valence-corrected chi connectivity index (χ3v) is 3.26. The molecule has 0 spiro atoms. The topological polar surface area (TPSA) is 75.3 Å². The summed E-state index contributed by atoms with van der Waals surface area (Å²) in [7, 11) is 0. The van der Waals surface area contributed by atoms with Crippen molar-refractivity contribution in [3.8, 4) is 0 Å². The van der Waals surface area contributed by atoms with Crippen LogP contribution in [0.15, 0.2) is 0 Å². The molecule has 1 amide bonds. The summed E-state index contributed by atoms with van der Waals surface area (Å²) in [4.78, 5) is 10.6. The van der Waals surface area contributed by atoms with Crippen LogP contribution in [0.3, 0.4) is 0 Å². The summed E-state index contributed by atoms with van der Waals surface area (Å²) in [5, 5.41) is 11.3. The number of hydrogen-bond acceptors (Lipinski definition) is 2. The highest BCUT2D eigenvalue weighted by atomic mass is 16.4. The van der Waals surface area contributed by atoms with Gasteiger partial charge in [0.2, 0.25) is 0 Å². The van der Waals surface area contributed by atoms with Gasteiger partial charge in [-0.1, -0.05) is 20.8 Å². The van der Waals surface area contributed by atoms with Crippen LogP contribution in [0, 0.1) is 10.8 Å². The van der Waals surface area contributed by atoms with Crippen LogP contribution in [0.5, 0.6) is 0 Å². The van der Waals surface area contributed by atoms with E-state index in [0.717, 1.165) is 19.3 Å². The van der Waals surface area contributed by atoms with Crippen LogP contribution in [-0.4, -0.2) is 23.8 Å². The number of carbonyl (C=O) groups is 1. The molecular formula is C11H22N2O2. The van der Waals surface area contributed by atoms with Gasteiger partial charge in [0.15, 0.2) is 0 Å². The Morgan fingerprint density at radius 1 is 1.47 bits per heavy atom. The third-order valence-electron chi connectivity index (χ3n) is 3.26. The Morgan fingerprint density at radius 2 is 2.07 bits per heavy atom. The molecule has 0 radical (unpaired) electrons. The van der Waals surface area contributed by atoms with Crippen LogP contribution in [0.25, 0.3) is 0 Å². The Bertz CT molecular complexity index is 253. The van der Waals surface area contributed by atoms with Crippen molar-refractivity contribution in [2.45, 2.75) is 46.1 Å². The maximum atomic E-state index is 10.6. The largest absolute Gasteiger partial charge is 0.465 e. The molecule has 1 aliphatic rings. The molecule has 0 aromatic carbocycles. The first kappa shape index (κ1) is 12.3. The van der Waals surface area contributed by atoms with Gasteiger partial charge in [0.05, 0.1) is 0 Å². The minimum atomic E-state index is -0.933. The predicted molar refractivity (Wildman–Crippen MR) is 59.7 cm³/mol. The lowest BCUT2D eigenvalue weighted by Gasteiger charge is -2.46. The van der Waals surface area contributed by atoms with E-state index in [-0.39, 0.29) is 16.9 Å². The minimum Gasteiger partial charge on any atom is -0.465 e. The number of nitrogens with one attached hydrogen (secondary N) is 1. The molecule has 1 saturated carbocycles. The van der Waals surface area contributed by atoms with E-state index in [4.69, 9.17) is 10.8 Å². The molecular weight excluding hydrogens is 192 g/mol. The molecule has 0 saturated heterocycles. The maximum absolute atomic E-state index is 10.6. The van der Waals surface area contributed by atoms with Crippen LogP contribution in [-0.2, 0) is 0 Å². The summed E-state index contributed by atoms with van der Waals surface area (Å²) >= 11 is 0. The van der Waals surface area contributed by atoms with Gasteiger partial charge in [0.25, 0.3) is 0 Å². The van der Waals surface area contributed by atoms with Gasteiger partial charge in [-0.2, -0.15) is 0 Å². The molecule has 0 aromatic heterocycles. The number of rotatable bonds is 2. The lowest BCUT2D eigenvalue weighted by Crippen LogP contribution is -2.48. The fourth-order valence-electron chi connectivity index (χ4n) is 3.07. The molecule has 88 valence electrons. The standard InChI is InChI=1S/C11H22N2O2/c1-10(2)4-8(13-9(14)15)5-11(3,6-10)7-12/h8,13H,4-7,12H2,1-3H3,(H,14,15). The lowest BCUT2D eigenvalue weighted by atomic mass is 9.63. The predicted octanol–water partition coefficient (Wildman–Crippen LogP) is 1.80. The summed E-state index contributed by atoms with van der Waals surface area (Å²) in [6.45, 7) is 7.12. The van der Waals surface area contributed by atoms with Crippen LogP contribution >= 0.6 is 0 Å². The van der Waals surface area contributed by atoms with E-state index in [0.29, 0.717) is 6.54 Å². The SMILES string of the molecule is CC1(C)CC(NC(=O)O)CC(C)(CN)C1. The number of carboxylic acid groups (broad SMARTS) is 1. The summed E-state index contributed by atoms with van der Waals surface area (Å²) in [6, 6.07) is 0.0415. The van der Waals surface area contributed by atoms with Crippen molar-refractivity contribution in [2.24, 2.45) is 16.6 Å². The highest BCUT2D eigenvalue weighted by Gasteiger charge is 2.40. The molecule has 4 N–H and O–H groups in total. The van der Waals surface area contributed by atoms with E-state index in [1.54, 1.807) is 0 Å². The Kier molecular flexibility index (Phi) is 3.28. The molecule has 0 bridgehead atoms. The average Bonchev–Trinajstić information content (AvgIpc) is 1.98. The van der Waals surface area contributed by atoms with Crippen molar-refractivity contribution in [3.63, 3.8) is 0 Å². The number of nitrogens with two attached hydrogens (primary N) is 1. The maximum Gasteiger partial charge on any atom is 0.404 e.